The van der Waals surface area contributed by atoms with Crippen molar-refractivity contribution in [3.63, 3.8) is 0 Å². The predicted molar refractivity (Wildman–Crippen MR) is 137 cm³/mol. The van der Waals surface area contributed by atoms with Crippen LogP contribution in [0, 0.1) is 6.92 Å². The van der Waals surface area contributed by atoms with E-state index in [-0.39, 0.29) is 12.1 Å². The minimum atomic E-state index is -0.176. The predicted octanol–water partition coefficient (Wildman–Crippen LogP) is 5.45. The van der Waals surface area contributed by atoms with Gasteiger partial charge in [0.25, 0.3) is 5.89 Å². The highest BCUT2D eigenvalue weighted by Crippen LogP contribution is 2.38. The zero-order valence-corrected chi connectivity index (χ0v) is 20.7. The number of aryl methyl sites for hydroxylation is 2. The van der Waals surface area contributed by atoms with Crippen molar-refractivity contribution in [2.75, 3.05) is 13.2 Å². The average molecular weight is 475 g/mol. The second-order valence-electron chi connectivity index (χ2n) is 9.01. The first-order chi connectivity index (χ1) is 16.5. The molecule has 2 aliphatic heterocycles. The van der Waals surface area contributed by atoms with Gasteiger partial charge >= 0.3 is 0 Å². The summed E-state index contributed by atoms with van der Waals surface area (Å²) in [6.07, 6.45) is 3.30. The Kier molecular flexibility index (Phi) is 6.48. The van der Waals surface area contributed by atoms with Crippen molar-refractivity contribution in [3.05, 3.63) is 76.8 Å². The lowest BCUT2D eigenvalue weighted by atomic mass is 9.93. The van der Waals surface area contributed by atoms with E-state index in [4.69, 9.17) is 26.5 Å². The van der Waals surface area contributed by atoms with Crippen molar-refractivity contribution < 1.29 is 9.26 Å². The Morgan fingerprint density at radius 1 is 1.15 bits per heavy atom. The topological polar surface area (TPSA) is 63.4 Å². The maximum atomic E-state index is 5.90. The van der Waals surface area contributed by atoms with Gasteiger partial charge in [0.05, 0.1) is 24.3 Å². The van der Waals surface area contributed by atoms with Crippen LogP contribution in [0.1, 0.15) is 55.3 Å². The van der Waals surface area contributed by atoms with Gasteiger partial charge in [-0.05, 0) is 62.5 Å². The van der Waals surface area contributed by atoms with Gasteiger partial charge in [-0.1, -0.05) is 60.1 Å². The molecule has 3 aromatic rings. The van der Waals surface area contributed by atoms with Gasteiger partial charge in [0.1, 0.15) is 0 Å². The first-order valence-corrected chi connectivity index (χ1v) is 12.3. The Morgan fingerprint density at radius 2 is 1.97 bits per heavy atom. The number of hydrogen-bond donors (Lipinski definition) is 1. The molecule has 6 nitrogen and oxygen atoms in total. The first-order valence-electron chi connectivity index (χ1n) is 11.9. The number of rotatable bonds is 6. The molecule has 0 aliphatic carbocycles. The molecular formula is C27H30N4O2S. The number of nitrogens with one attached hydrogen (secondary N) is 1. The standard InChI is InChI=1S/C27H30N4O2S/c1-4-19-10-12-20(13-11-19)24-23(18(3)31(27(34)28-24)16-22-9-6-14-32-22)26-29-25(30-33-26)21-8-5-7-17(2)15-21/h5,7-8,10-13,15,22,24H,4,6,9,14,16H2,1-3H3,(H,28,34). The molecule has 1 fully saturated rings. The summed E-state index contributed by atoms with van der Waals surface area (Å²) in [5.41, 5.74) is 6.46. The first kappa shape index (κ1) is 22.7. The number of nitrogens with zero attached hydrogens (tertiary/aromatic N) is 3. The van der Waals surface area contributed by atoms with Crippen LogP contribution in [0.2, 0.25) is 0 Å². The zero-order valence-electron chi connectivity index (χ0n) is 19.9. The molecule has 3 heterocycles. The van der Waals surface area contributed by atoms with Gasteiger partial charge in [0.2, 0.25) is 5.82 Å². The normalized spacial score (nSPS) is 20.7. The lowest BCUT2D eigenvalue weighted by molar-refractivity contribution is 0.0962. The van der Waals surface area contributed by atoms with Gasteiger partial charge < -0.3 is 19.5 Å². The summed E-state index contributed by atoms with van der Waals surface area (Å²) in [7, 11) is 0. The van der Waals surface area contributed by atoms with Crippen LogP contribution < -0.4 is 5.32 Å². The molecule has 5 rings (SSSR count). The highest BCUT2D eigenvalue weighted by atomic mass is 32.1. The van der Waals surface area contributed by atoms with Crippen LogP contribution in [0.3, 0.4) is 0 Å². The number of hydrogen-bond acceptors (Lipinski definition) is 5. The van der Waals surface area contributed by atoms with E-state index in [1.54, 1.807) is 0 Å². The van der Waals surface area contributed by atoms with Gasteiger partial charge in [-0.3, -0.25) is 0 Å². The number of allylic oxidation sites excluding steroid dienone is 1. The fraction of sp³-hybridized carbons (Fsp3) is 0.370. The second-order valence-corrected chi connectivity index (χ2v) is 9.40. The fourth-order valence-electron chi connectivity index (χ4n) is 4.70. The maximum absolute atomic E-state index is 5.90. The van der Waals surface area contributed by atoms with Crippen LogP contribution in [-0.2, 0) is 11.2 Å². The van der Waals surface area contributed by atoms with Gasteiger partial charge in [-0.25, -0.2) is 0 Å². The summed E-state index contributed by atoms with van der Waals surface area (Å²) in [6.45, 7) is 7.82. The SMILES string of the molecule is CCc1ccc(C2NC(=S)N(CC3CCCO3)C(C)=C2c2nc(-c3cccc(C)c3)no2)cc1. The van der Waals surface area contributed by atoms with Crippen LogP contribution in [0.25, 0.3) is 17.0 Å². The van der Waals surface area contributed by atoms with Gasteiger partial charge in [-0.2, -0.15) is 4.98 Å². The molecule has 0 spiro atoms. The molecule has 176 valence electrons. The van der Waals surface area contributed by atoms with Gasteiger partial charge in [0, 0.05) is 17.9 Å². The van der Waals surface area contributed by atoms with E-state index in [0.29, 0.717) is 23.4 Å². The molecule has 0 bridgehead atoms. The minimum Gasteiger partial charge on any atom is -0.376 e. The molecule has 2 atom stereocenters. The van der Waals surface area contributed by atoms with Gasteiger partial charge in [-0.15, -0.1) is 0 Å². The van der Waals surface area contributed by atoms with E-state index in [9.17, 15) is 0 Å². The van der Waals surface area contributed by atoms with E-state index >= 15 is 0 Å². The Labute approximate surface area is 206 Å². The highest BCUT2D eigenvalue weighted by Gasteiger charge is 2.35. The summed E-state index contributed by atoms with van der Waals surface area (Å²) in [6, 6.07) is 16.6. The Bertz CT molecular complexity index is 1210. The van der Waals surface area contributed by atoms with E-state index in [1.807, 2.05) is 12.1 Å². The molecule has 1 N–H and O–H groups in total. The smallest absolute Gasteiger partial charge is 0.258 e. The number of aromatic nitrogens is 2. The van der Waals surface area contributed by atoms with Crippen molar-refractivity contribution in [2.24, 2.45) is 0 Å². The lowest BCUT2D eigenvalue weighted by Crippen LogP contribution is -2.48. The molecule has 0 amide bonds. The van der Waals surface area contributed by atoms with Crippen molar-refractivity contribution in [2.45, 2.75) is 52.2 Å². The molecule has 7 heteroatoms. The minimum absolute atomic E-state index is 0.168. The highest BCUT2D eigenvalue weighted by molar-refractivity contribution is 7.80. The summed E-state index contributed by atoms with van der Waals surface area (Å²) in [4.78, 5) is 6.94. The lowest BCUT2D eigenvalue weighted by Gasteiger charge is -2.38. The number of benzene rings is 2. The number of ether oxygens (including phenoxy) is 1. The zero-order chi connectivity index (χ0) is 23.7. The van der Waals surface area contributed by atoms with E-state index in [1.165, 1.54) is 5.56 Å². The van der Waals surface area contributed by atoms with E-state index in [0.717, 1.165) is 53.8 Å². The van der Waals surface area contributed by atoms with Crippen LogP contribution >= 0.6 is 12.2 Å². The Hall–Kier alpha value is -3.03. The van der Waals surface area contributed by atoms with Crippen molar-refractivity contribution in [3.8, 4) is 11.4 Å². The Balaban J connectivity index is 1.56. The van der Waals surface area contributed by atoms with Crippen molar-refractivity contribution in [1.29, 1.82) is 0 Å². The molecule has 2 aliphatic rings. The van der Waals surface area contributed by atoms with Crippen LogP contribution in [-0.4, -0.2) is 39.4 Å². The summed E-state index contributed by atoms with van der Waals surface area (Å²) in [5, 5.41) is 8.56. The molecule has 0 saturated carbocycles. The monoisotopic (exact) mass is 474 g/mol. The molecule has 1 saturated heterocycles. The van der Waals surface area contributed by atoms with Crippen LogP contribution in [0.4, 0.5) is 0 Å². The van der Waals surface area contributed by atoms with Crippen LogP contribution in [0.5, 0.6) is 0 Å². The molecule has 2 unspecified atom stereocenters. The third-order valence-electron chi connectivity index (χ3n) is 6.66. The quantitative estimate of drug-likeness (QED) is 0.477. The Morgan fingerprint density at radius 3 is 2.68 bits per heavy atom. The number of thiocarbonyl (C=S) groups is 1. The molecule has 1 aromatic heterocycles. The summed E-state index contributed by atoms with van der Waals surface area (Å²) in [5.74, 6) is 1.09. The third kappa shape index (κ3) is 4.50. The third-order valence-corrected chi connectivity index (χ3v) is 7.00. The second kappa shape index (κ2) is 9.68. The average Bonchev–Trinajstić information content (AvgIpc) is 3.54. The molecule has 2 aromatic carbocycles. The van der Waals surface area contributed by atoms with E-state index < -0.39 is 0 Å². The molecule has 34 heavy (non-hydrogen) atoms. The van der Waals surface area contributed by atoms with E-state index in [2.05, 4.69) is 72.5 Å². The largest absolute Gasteiger partial charge is 0.376 e. The summed E-state index contributed by atoms with van der Waals surface area (Å²) >= 11 is 5.82. The fourth-order valence-corrected chi connectivity index (χ4v) is 5.03. The van der Waals surface area contributed by atoms with Crippen molar-refractivity contribution in [1.82, 2.24) is 20.4 Å². The maximum Gasteiger partial charge on any atom is 0.258 e. The summed E-state index contributed by atoms with van der Waals surface area (Å²) < 4.78 is 11.8. The molecule has 0 radical (unpaired) electrons. The molecular weight excluding hydrogens is 444 g/mol. The van der Waals surface area contributed by atoms with Crippen molar-refractivity contribution >= 4 is 22.9 Å². The van der Waals surface area contributed by atoms with Gasteiger partial charge in [0.15, 0.2) is 5.11 Å². The van der Waals surface area contributed by atoms with Crippen LogP contribution in [0.15, 0.2) is 58.8 Å².